The third kappa shape index (κ3) is 4.95. The molecule has 0 N–H and O–H groups in total. The molecule has 2 aromatic carbocycles. The molecular formula is C20H20FN3O2S. The first-order valence-electron chi connectivity index (χ1n) is 8.60. The number of Topliss-reactive ketones (excluding diaryl/α,β-unsaturated/α-hetero) is 1. The highest BCUT2D eigenvalue weighted by Crippen LogP contribution is 2.20. The van der Waals surface area contributed by atoms with Crippen molar-refractivity contribution >= 4 is 17.5 Å². The monoisotopic (exact) mass is 385 g/mol. The van der Waals surface area contributed by atoms with Gasteiger partial charge in [-0.25, -0.2) is 4.39 Å². The highest BCUT2D eigenvalue weighted by molar-refractivity contribution is 7.99. The quantitative estimate of drug-likeness (QED) is 0.427. The number of ether oxygens (including phenoxy) is 1. The summed E-state index contributed by atoms with van der Waals surface area (Å²) < 4.78 is 20.7. The molecule has 140 valence electrons. The standard InChI is InChI=1S/C20H20FN3O2S/c1-3-24-19(12-26-17-10-4-14(2)5-11-17)22-23-20(24)27-13-18(25)15-6-8-16(21)9-7-15/h4-11H,3,12-13H2,1-2H3. The van der Waals surface area contributed by atoms with Crippen LogP contribution in [-0.4, -0.2) is 26.3 Å². The molecule has 0 spiro atoms. The van der Waals surface area contributed by atoms with Crippen molar-refractivity contribution in [2.24, 2.45) is 0 Å². The Morgan fingerprint density at radius 2 is 1.81 bits per heavy atom. The van der Waals surface area contributed by atoms with E-state index in [1.54, 1.807) is 0 Å². The zero-order chi connectivity index (χ0) is 19.2. The SMILES string of the molecule is CCn1c(COc2ccc(C)cc2)nnc1SCC(=O)c1ccc(F)cc1. The van der Waals surface area contributed by atoms with Gasteiger partial charge in [0, 0.05) is 12.1 Å². The van der Waals surface area contributed by atoms with Crippen LogP contribution in [0.15, 0.2) is 53.7 Å². The number of nitrogens with zero attached hydrogens (tertiary/aromatic N) is 3. The summed E-state index contributed by atoms with van der Waals surface area (Å²) in [6, 6.07) is 13.4. The average Bonchev–Trinajstić information content (AvgIpc) is 3.08. The molecular weight excluding hydrogens is 365 g/mol. The lowest BCUT2D eigenvalue weighted by Gasteiger charge is -2.09. The number of thioether (sulfide) groups is 1. The maximum Gasteiger partial charge on any atom is 0.191 e. The Bertz CT molecular complexity index is 908. The molecule has 3 rings (SSSR count). The predicted octanol–water partition coefficient (Wildman–Crippen LogP) is 4.30. The van der Waals surface area contributed by atoms with E-state index in [1.165, 1.54) is 41.6 Å². The highest BCUT2D eigenvalue weighted by atomic mass is 32.2. The maximum atomic E-state index is 13.0. The summed E-state index contributed by atoms with van der Waals surface area (Å²) in [6.45, 7) is 4.99. The molecule has 0 amide bonds. The minimum atomic E-state index is -0.358. The number of aromatic nitrogens is 3. The van der Waals surface area contributed by atoms with E-state index in [0.29, 0.717) is 29.7 Å². The van der Waals surface area contributed by atoms with Crippen molar-refractivity contribution in [2.45, 2.75) is 32.2 Å². The second kappa shape index (κ2) is 8.81. The maximum absolute atomic E-state index is 13.0. The molecule has 1 aromatic heterocycles. The topological polar surface area (TPSA) is 57.0 Å². The van der Waals surface area contributed by atoms with Crippen molar-refractivity contribution in [3.8, 4) is 5.75 Å². The van der Waals surface area contributed by atoms with Crippen molar-refractivity contribution in [1.82, 2.24) is 14.8 Å². The molecule has 0 unspecified atom stereocenters. The molecule has 0 saturated heterocycles. The van der Waals surface area contributed by atoms with E-state index in [4.69, 9.17) is 4.74 Å². The van der Waals surface area contributed by atoms with E-state index in [1.807, 2.05) is 42.7 Å². The number of benzene rings is 2. The van der Waals surface area contributed by atoms with Crippen molar-refractivity contribution in [3.63, 3.8) is 0 Å². The summed E-state index contributed by atoms with van der Waals surface area (Å²) in [5.74, 6) is 1.25. The summed E-state index contributed by atoms with van der Waals surface area (Å²) in [5, 5.41) is 9.03. The van der Waals surface area contributed by atoms with Crippen LogP contribution in [0.2, 0.25) is 0 Å². The van der Waals surface area contributed by atoms with Gasteiger partial charge in [-0.3, -0.25) is 4.79 Å². The molecule has 0 aliphatic rings. The lowest BCUT2D eigenvalue weighted by atomic mass is 10.1. The van der Waals surface area contributed by atoms with Crippen molar-refractivity contribution in [2.75, 3.05) is 5.75 Å². The van der Waals surface area contributed by atoms with Crippen LogP contribution in [0, 0.1) is 12.7 Å². The van der Waals surface area contributed by atoms with Gasteiger partial charge in [0.15, 0.2) is 16.8 Å². The number of halogens is 1. The van der Waals surface area contributed by atoms with Crippen LogP contribution in [0.1, 0.15) is 28.7 Å². The van der Waals surface area contributed by atoms with Crippen LogP contribution >= 0.6 is 11.8 Å². The summed E-state index contributed by atoms with van der Waals surface area (Å²) in [6.07, 6.45) is 0. The second-order valence-corrected chi connectivity index (χ2v) is 6.91. The minimum Gasteiger partial charge on any atom is -0.486 e. The van der Waals surface area contributed by atoms with E-state index in [-0.39, 0.29) is 17.4 Å². The lowest BCUT2D eigenvalue weighted by molar-refractivity contribution is 0.102. The minimum absolute atomic E-state index is 0.0805. The number of carbonyl (C=O) groups excluding carboxylic acids is 1. The number of rotatable bonds is 8. The van der Waals surface area contributed by atoms with Gasteiger partial charge in [-0.15, -0.1) is 10.2 Å². The van der Waals surface area contributed by atoms with Crippen LogP contribution in [-0.2, 0) is 13.2 Å². The van der Waals surface area contributed by atoms with Crippen LogP contribution in [0.5, 0.6) is 5.75 Å². The van der Waals surface area contributed by atoms with Gasteiger partial charge in [0.25, 0.3) is 0 Å². The van der Waals surface area contributed by atoms with Crippen molar-refractivity contribution in [1.29, 1.82) is 0 Å². The molecule has 0 aliphatic heterocycles. The molecule has 0 bridgehead atoms. The summed E-state index contributed by atoms with van der Waals surface area (Å²) >= 11 is 1.31. The smallest absolute Gasteiger partial charge is 0.191 e. The van der Waals surface area contributed by atoms with E-state index in [9.17, 15) is 9.18 Å². The Morgan fingerprint density at radius 1 is 1.11 bits per heavy atom. The first-order chi connectivity index (χ1) is 13.1. The first kappa shape index (κ1) is 19.1. The zero-order valence-electron chi connectivity index (χ0n) is 15.2. The van der Waals surface area contributed by atoms with Crippen LogP contribution in [0.3, 0.4) is 0 Å². The number of aryl methyl sites for hydroxylation is 1. The van der Waals surface area contributed by atoms with Crippen molar-refractivity contribution < 1.29 is 13.9 Å². The third-order valence-electron chi connectivity index (χ3n) is 4.00. The summed E-state index contributed by atoms with van der Waals surface area (Å²) in [4.78, 5) is 12.2. The second-order valence-electron chi connectivity index (χ2n) is 5.96. The van der Waals surface area contributed by atoms with Gasteiger partial charge >= 0.3 is 0 Å². The summed E-state index contributed by atoms with van der Waals surface area (Å²) in [5.41, 5.74) is 1.65. The van der Waals surface area contributed by atoms with Crippen LogP contribution < -0.4 is 4.74 Å². The molecule has 1 heterocycles. The van der Waals surface area contributed by atoms with E-state index in [2.05, 4.69) is 10.2 Å². The predicted molar refractivity (Wildman–Crippen MR) is 103 cm³/mol. The Labute approximate surface area is 161 Å². The van der Waals surface area contributed by atoms with Gasteiger partial charge in [-0.1, -0.05) is 29.5 Å². The van der Waals surface area contributed by atoms with E-state index in [0.717, 1.165) is 5.75 Å². The van der Waals surface area contributed by atoms with Gasteiger partial charge in [-0.2, -0.15) is 0 Å². The van der Waals surface area contributed by atoms with Crippen LogP contribution in [0.25, 0.3) is 0 Å². The Balaban J connectivity index is 1.62. The first-order valence-corrected chi connectivity index (χ1v) is 9.58. The number of hydrogen-bond acceptors (Lipinski definition) is 5. The zero-order valence-corrected chi connectivity index (χ0v) is 16.0. The largest absolute Gasteiger partial charge is 0.486 e. The fourth-order valence-electron chi connectivity index (χ4n) is 2.48. The van der Waals surface area contributed by atoms with E-state index >= 15 is 0 Å². The third-order valence-corrected chi connectivity index (χ3v) is 4.96. The molecule has 27 heavy (non-hydrogen) atoms. The Kier molecular flexibility index (Phi) is 6.24. The van der Waals surface area contributed by atoms with Gasteiger partial charge < -0.3 is 9.30 Å². The molecule has 3 aromatic rings. The molecule has 0 radical (unpaired) electrons. The fourth-order valence-corrected chi connectivity index (χ4v) is 3.40. The number of hydrogen-bond donors (Lipinski definition) is 0. The van der Waals surface area contributed by atoms with E-state index < -0.39 is 0 Å². The normalized spacial score (nSPS) is 10.8. The number of ketones is 1. The molecule has 5 nitrogen and oxygen atoms in total. The van der Waals surface area contributed by atoms with Crippen LogP contribution in [0.4, 0.5) is 4.39 Å². The van der Waals surface area contributed by atoms with Gasteiger partial charge in [0.1, 0.15) is 18.2 Å². The number of carbonyl (C=O) groups is 1. The fraction of sp³-hybridized carbons (Fsp3) is 0.250. The highest BCUT2D eigenvalue weighted by Gasteiger charge is 2.14. The summed E-state index contributed by atoms with van der Waals surface area (Å²) in [7, 11) is 0. The average molecular weight is 385 g/mol. The van der Waals surface area contributed by atoms with Gasteiger partial charge in [0.2, 0.25) is 0 Å². The van der Waals surface area contributed by atoms with Gasteiger partial charge in [0.05, 0.1) is 5.75 Å². The molecule has 0 fully saturated rings. The molecule has 7 heteroatoms. The molecule has 0 saturated carbocycles. The molecule has 0 atom stereocenters. The Hall–Kier alpha value is -2.67. The van der Waals surface area contributed by atoms with Gasteiger partial charge in [-0.05, 0) is 50.2 Å². The van der Waals surface area contributed by atoms with Crippen molar-refractivity contribution in [3.05, 3.63) is 71.3 Å². The molecule has 0 aliphatic carbocycles. The lowest BCUT2D eigenvalue weighted by Crippen LogP contribution is -2.08. The Morgan fingerprint density at radius 3 is 2.48 bits per heavy atom.